The van der Waals surface area contributed by atoms with E-state index in [1.165, 1.54) is 18.6 Å². The molecular formula is C15H21NO3. The molecule has 1 aliphatic heterocycles. The number of nitrogens with zero attached hydrogens (tertiary/aromatic N) is 1. The quantitative estimate of drug-likeness (QED) is 0.847. The Balaban J connectivity index is 2.12. The average Bonchev–Trinajstić information content (AvgIpc) is 2.40. The minimum atomic E-state index is -0.521. The zero-order valence-corrected chi connectivity index (χ0v) is 11.5. The summed E-state index contributed by atoms with van der Waals surface area (Å²) in [6.45, 7) is 3.99. The van der Waals surface area contributed by atoms with Gasteiger partial charge in [-0.3, -0.25) is 9.69 Å². The number of rotatable bonds is 4. The molecule has 0 aromatic heterocycles. The third kappa shape index (κ3) is 3.33. The van der Waals surface area contributed by atoms with Crippen molar-refractivity contribution in [2.45, 2.75) is 26.0 Å². The van der Waals surface area contributed by atoms with Crippen LogP contribution in [0.25, 0.3) is 0 Å². The van der Waals surface area contributed by atoms with Crippen molar-refractivity contribution in [3.63, 3.8) is 0 Å². The van der Waals surface area contributed by atoms with Gasteiger partial charge >= 0.3 is 0 Å². The molecular weight excluding hydrogens is 242 g/mol. The van der Waals surface area contributed by atoms with Crippen molar-refractivity contribution >= 4 is 5.78 Å². The van der Waals surface area contributed by atoms with E-state index in [9.17, 15) is 9.90 Å². The number of ether oxygens (including phenoxy) is 1. The Morgan fingerprint density at radius 2 is 2.11 bits per heavy atom. The molecule has 1 heterocycles. The maximum Gasteiger partial charge on any atom is 0.206 e. The summed E-state index contributed by atoms with van der Waals surface area (Å²) in [4.78, 5) is 14.5. The lowest BCUT2D eigenvalue weighted by Gasteiger charge is -2.35. The Hall–Kier alpha value is -1.39. The van der Waals surface area contributed by atoms with Gasteiger partial charge in [0.25, 0.3) is 0 Å². The number of hydrogen-bond acceptors (Lipinski definition) is 4. The summed E-state index contributed by atoms with van der Waals surface area (Å²) in [5, 5.41) is 9.26. The van der Waals surface area contributed by atoms with Crippen molar-refractivity contribution in [3.05, 3.63) is 29.8 Å². The topological polar surface area (TPSA) is 49.8 Å². The third-order valence-electron chi connectivity index (χ3n) is 3.62. The zero-order chi connectivity index (χ0) is 13.8. The van der Waals surface area contributed by atoms with E-state index < -0.39 is 6.23 Å². The van der Waals surface area contributed by atoms with Crippen LogP contribution in [0.3, 0.4) is 0 Å². The lowest BCUT2D eigenvalue weighted by molar-refractivity contribution is -0.0316. The van der Waals surface area contributed by atoms with Crippen LogP contribution in [-0.2, 0) is 4.74 Å². The van der Waals surface area contributed by atoms with Crippen LogP contribution in [0.5, 0.6) is 5.75 Å². The number of phenolic OH excluding ortho intramolecular Hbond substituents is 1. The van der Waals surface area contributed by atoms with Gasteiger partial charge in [-0.2, -0.15) is 0 Å². The monoisotopic (exact) mass is 263 g/mol. The van der Waals surface area contributed by atoms with Crippen LogP contribution >= 0.6 is 0 Å². The Labute approximate surface area is 114 Å². The van der Waals surface area contributed by atoms with Crippen molar-refractivity contribution in [1.82, 2.24) is 4.90 Å². The normalized spacial score (nSPS) is 22.1. The average molecular weight is 263 g/mol. The number of piperidine rings is 1. The van der Waals surface area contributed by atoms with E-state index >= 15 is 0 Å². The van der Waals surface area contributed by atoms with Crippen molar-refractivity contribution in [1.29, 1.82) is 0 Å². The Kier molecular flexibility index (Phi) is 4.56. The first-order chi connectivity index (χ1) is 9.11. The molecule has 0 radical (unpaired) electrons. The molecule has 19 heavy (non-hydrogen) atoms. The molecule has 0 spiro atoms. The molecule has 1 saturated heterocycles. The number of aromatic hydroxyl groups is 1. The van der Waals surface area contributed by atoms with E-state index in [-0.39, 0.29) is 11.5 Å². The number of carbonyl (C=O) groups is 1. The molecule has 1 aromatic rings. The van der Waals surface area contributed by atoms with Crippen molar-refractivity contribution in [2.24, 2.45) is 5.92 Å². The van der Waals surface area contributed by atoms with Gasteiger partial charge in [0, 0.05) is 25.8 Å². The van der Waals surface area contributed by atoms with Gasteiger partial charge < -0.3 is 9.84 Å². The Morgan fingerprint density at radius 1 is 1.42 bits per heavy atom. The van der Waals surface area contributed by atoms with Crippen LogP contribution < -0.4 is 0 Å². The molecule has 1 aliphatic rings. The molecule has 104 valence electrons. The number of likely N-dealkylation sites (tertiary alicyclic amines) is 1. The fraction of sp³-hybridized carbons (Fsp3) is 0.533. The van der Waals surface area contributed by atoms with Gasteiger partial charge in [-0.05, 0) is 43.0 Å². The molecule has 1 N–H and O–H groups in total. The molecule has 0 amide bonds. The van der Waals surface area contributed by atoms with Crippen molar-refractivity contribution in [2.75, 3.05) is 20.2 Å². The van der Waals surface area contributed by atoms with Crippen LogP contribution in [0.4, 0.5) is 0 Å². The smallest absolute Gasteiger partial charge is 0.206 e. The van der Waals surface area contributed by atoms with Crippen LogP contribution in [0.15, 0.2) is 24.3 Å². The Bertz CT molecular complexity index is 430. The van der Waals surface area contributed by atoms with E-state index in [1.54, 1.807) is 19.2 Å². The van der Waals surface area contributed by atoms with Crippen molar-refractivity contribution < 1.29 is 14.6 Å². The first-order valence-electron chi connectivity index (χ1n) is 6.72. The molecule has 4 nitrogen and oxygen atoms in total. The standard InChI is InChI=1S/C15H21NO3/c1-11-4-3-9-16(10-11)15(19-2)14(18)12-5-7-13(17)8-6-12/h5-8,11,15,17H,3-4,9-10H2,1-2H3. The fourth-order valence-electron chi connectivity index (χ4n) is 2.63. The van der Waals surface area contributed by atoms with Gasteiger partial charge in [-0.25, -0.2) is 0 Å². The minimum Gasteiger partial charge on any atom is -0.508 e. The van der Waals surface area contributed by atoms with E-state index in [0.717, 1.165) is 19.5 Å². The largest absolute Gasteiger partial charge is 0.508 e. The second kappa shape index (κ2) is 6.17. The highest BCUT2D eigenvalue weighted by atomic mass is 16.5. The van der Waals surface area contributed by atoms with E-state index in [4.69, 9.17) is 4.74 Å². The second-order valence-corrected chi connectivity index (χ2v) is 5.24. The number of Topliss-reactive ketones (excluding diaryl/α,β-unsaturated/α-hetero) is 1. The van der Waals surface area contributed by atoms with Gasteiger partial charge in [0.05, 0.1) is 0 Å². The van der Waals surface area contributed by atoms with Gasteiger partial charge in [0.15, 0.2) is 6.23 Å². The summed E-state index contributed by atoms with van der Waals surface area (Å²) in [7, 11) is 1.57. The highest BCUT2D eigenvalue weighted by Crippen LogP contribution is 2.21. The molecule has 2 unspecified atom stereocenters. The summed E-state index contributed by atoms with van der Waals surface area (Å²) in [5.41, 5.74) is 0.572. The molecule has 0 saturated carbocycles. The highest BCUT2D eigenvalue weighted by Gasteiger charge is 2.29. The number of methoxy groups -OCH3 is 1. The van der Waals surface area contributed by atoms with Crippen LogP contribution in [0, 0.1) is 5.92 Å². The lowest BCUT2D eigenvalue weighted by Crippen LogP contribution is -2.47. The fourth-order valence-corrected chi connectivity index (χ4v) is 2.63. The molecule has 1 aromatic carbocycles. The summed E-state index contributed by atoms with van der Waals surface area (Å²) in [6.07, 6.45) is 1.79. The molecule has 2 atom stereocenters. The van der Waals surface area contributed by atoms with Gasteiger partial charge in [-0.1, -0.05) is 6.92 Å². The minimum absolute atomic E-state index is 0.0448. The summed E-state index contributed by atoms with van der Waals surface area (Å²) < 4.78 is 5.40. The first kappa shape index (κ1) is 14.0. The van der Waals surface area contributed by atoms with Crippen LogP contribution in [0.1, 0.15) is 30.1 Å². The summed E-state index contributed by atoms with van der Waals surface area (Å²) >= 11 is 0. The maximum absolute atomic E-state index is 12.4. The van der Waals surface area contributed by atoms with E-state index in [0.29, 0.717) is 11.5 Å². The zero-order valence-electron chi connectivity index (χ0n) is 11.5. The van der Waals surface area contributed by atoms with Gasteiger partial charge in [0.2, 0.25) is 5.78 Å². The highest BCUT2D eigenvalue weighted by molar-refractivity contribution is 5.99. The molecule has 4 heteroatoms. The summed E-state index contributed by atoms with van der Waals surface area (Å²) in [6, 6.07) is 6.33. The SMILES string of the molecule is COC(C(=O)c1ccc(O)cc1)N1CCCC(C)C1. The number of benzene rings is 1. The lowest BCUT2D eigenvalue weighted by atomic mass is 9.99. The number of carbonyl (C=O) groups excluding carboxylic acids is 1. The van der Waals surface area contributed by atoms with Crippen molar-refractivity contribution in [3.8, 4) is 5.75 Å². The molecule has 0 bridgehead atoms. The predicted octanol–water partition coefficient (Wildman–Crippen LogP) is 2.28. The van der Waals surface area contributed by atoms with E-state index in [2.05, 4.69) is 11.8 Å². The predicted molar refractivity (Wildman–Crippen MR) is 73.2 cm³/mol. The molecule has 1 fully saturated rings. The number of phenols is 1. The number of hydrogen-bond donors (Lipinski definition) is 1. The van der Waals surface area contributed by atoms with Gasteiger partial charge in [0.1, 0.15) is 5.75 Å². The maximum atomic E-state index is 12.4. The molecule has 0 aliphatic carbocycles. The summed E-state index contributed by atoms with van der Waals surface area (Å²) in [5.74, 6) is 0.715. The van der Waals surface area contributed by atoms with Gasteiger partial charge in [-0.15, -0.1) is 0 Å². The third-order valence-corrected chi connectivity index (χ3v) is 3.62. The first-order valence-corrected chi connectivity index (χ1v) is 6.72. The molecule has 2 rings (SSSR count). The Morgan fingerprint density at radius 3 is 2.68 bits per heavy atom. The number of ketones is 1. The van der Waals surface area contributed by atoms with E-state index in [1.807, 2.05) is 0 Å². The van der Waals surface area contributed by atoms with Crippen LogP contribution in [0.2, 0.25) is 0 Å². The second-order valence-electron chi connectivity index (χ2n) is 5.24. The van der Waals surface area contributed by atoms with Crippen LogP contribution in [-0.4, -0.2) is 42.2 Å².